The number of hydrogen-bond acceptors (Lipinski definition) is 6. The zero-order valence-electron chi connectivity index (χ0n) is 13.6. The summed E-state index contributed by atoms with van der Waals surface area (Å²) in [6, 6.07) is 5.69. The van der Waals surface area contributed by atoms with Crippen molar-refractivity contribution in [2.24, 2.45) is 5.92 Å². The molecular formula is C16H17N3O6. The maximum absolute atomic E-state index is 12.4. The van der Waals surface area contributed by atoms with Crippen LogP contribution in [0.4, 0.5) is 5.69 Å². The fourth-order valence-electron chi connectivity index (χ4n) is 3.57. The average Bonchev–Trinajstić information content (AvgIpc) is 2.92. The van der Waals surface area contributed by atoms with E-state index in [1.807, 2.05) is 0 Å². The van der Waals surface area contributed by atoms with Gasteiger partial charge in [0.15, 0.2) is 0 Å². The second kappa shape index (κ2) is 5.85. The van der Waals surface area contributed by atoms with Crippen molar-refractivity contribution in [2.45, 2.75) is 24.9 Å². The lowest BCUT2D eigenvalue weighted by Gasteiger charge is -2.40. The summed E-state index contributed by atoms with van der Waals surface area (Å²) < 4.78 is 4.83. The van der Waals surface area contributed by atoms with Crippen LogP contribution in [0.25, 0.3) is 0 Å². The number of nitro groups is 1. The monoisotopic (exact) mass is 347 g/mol. The lowest BCUT2D eigenvalue weighted by molar-refractivity contribution is -0.384. The second-order valence-electron chi connectivity index (χ2n) is 6.34. The van der Waals surface area contributed by atoms with Crippen molar-refractivity contribution in [1.82, 2.24) is 10.2 Å². The maximum atomic E-state index is 12.4. The molecule has 25 heavy (non-hydrogen) atoms. The molecule has 3 rings (SSSR count). The molecule has 1 aliphatic carbocycles. The Morgan fingerprint density at radius 1 is 1.44 bits per heavy atom. The molecule has 1 heterocycles. The van der Waals surface area contributed by atoms with Gasteiger partial charge in [0.1, 0.15) is 0 Å². The predicted molar refractivity (Wildman–Crippen MR) is 86.2 cm³/mol. The highest BCUT2D eigenvalue weighted by atomic mass is 16.6. The Labute approximate surface area is 141 Å². The SMILES string of the molecule is COC(=O)[C@@H]1[C@@H](c2cccc([N+](=O)[O-])c2)c2c([nH][nH]c2=O)C[C@]1(C)O. The van der Waals surface area contributed by atoms with E-state index in [4.69, 9.17) is 4.74 Å². The number of aromatic amines is 2. The predicted octanol–water partition coefficient (Wildman–Crippen LogP) is 0.839. The van der Waals surface area contributed by atoms with E-state index >= 15 is 0 Å². The number of methoxy groups -OCH3 is 1. The molecule has 0 amide bonds. The van der Waals surface area contributed by atoms with Gasteiger partial charge >= 0.3 is 5.97 Å². The first-order valence-electron chi connectivity index (χ1n) is 7.60. The van der Waals surface area contributed by atoms with E-state index in [-0.39, 0.29) is 17.7 Å². The fourth-order valence-corrected chi connectivity index (χ4v) is 3.57. The van der Waals surface area contributed by atoms with Crippen molar-refractivity contribution in [3.8, 4) is 0 Å². The Balaban J connectivity index is 2.26. The smallest absolute Gasteiger partial charge is 0.312 e. The molecule has 0 unspecified atom stereocenters. The molecule has 0 radical (unpaired) electrons. The van der Waals surface area contributed by atoms with Gasteiger partial charge < -0.3 is 14.9 Å². The van der Waals surface area contributed by atoms with Gasteiger partial charge in [-0.3, -0.25) is 24.8 Å². The third-order valence-corrected chi connectivity index (χ3v) is 4.64. The van der Waals surface area contributed by atoms with Gasteiger partial charge in [0.2, 0.25) is 0 Å². The Kier molecular flexibility index (Phi) is 3.96. The van der Waals surface area contributed by atoms with Crippen molar-refractivity contribution in [2.75, 3.05) is 7.11 Å². The van der Waals surface area contributed by atoms with Gasteiger partial charge in [-0.2, -0.15) is 0 Å². The number of ether oxygens (including phenoxy) is 1. The number of nitrogens with one attached hydrogen (secondary N) is 2. The number of hydrogen-bond donors (Lipinski definition) is 3. The third kappa shape index (κ3) is 2.72. The van der Waals surface area contributed by atoms with Crippen LogP contribution in [0.5, 0.6) is 0 Å². The molecule has 1 aromatic heterocycles. The number of aliphatic hydroxyl groups is 1. The minimum Gasteiger partial charge on any atom is -0.469 e. The average molecular weight is 347 g/mol. The van der Waals surface area contributed by atoms with E-state index in [0.717, 1.165) is 0 Å². The van der Waals surface area contributed by atoms with Crippen molar-refractivity contribution in [3.63, 3.8) is 0 Å². The first kappa shape index (κ1) is 16.9. The van der Waals surface area contributed by atoms with Crippen LogP contribution in [0.2, 0.25) is 0 Å². The third-order valence-electron chi connectivity index (χ3n) is 4.64. The molecule has 9 nitrogen and oxygen atoms in total. The highest BCUT2D eigenvalue weighted by Crippen LogP contribution is 2.44. The molecule has 0 saturated carbocycles. The van der Waals surface area contributed by atoms with Crippen LogP contribution in [0.15, 0.2) is 29.1 Å². The quantitative estimate of drug-likeness (QED) is 0.427. The summed E-state index contributed by atoms with van der Waals surface area (Å²) in [6.07, 6.45) is 0.0479. The number of carbonyl (C=O) groups is 1. The fraction of sp³-hybridized carbons (Fsp3) is 0.375. The zero-order valence-corrected chi connectivity index (χ0v) is 13.6. The van der Waals surface area contributed by atoms with E-state index < -0.39 is 33.9 Å². The molecule has 3 N–H and O–H groups in total. The molecule has 2 aromatic rings. The standard InChI is InChI=1S/C16H17N3O6/c1-16(22)7-10-12(14(20)18-17-10)11(13(16)15(21)25-2)8-4-3-5-9(6-8)19(23)24/h3-6,11,13,22H,7H2,1-2H3,(H2,17,18,20)/t11-,13-,16-/m0/s1. The lowest BCUT2D eigenvalue weighted by atomic mass is 9.66. The van der Waals surface area contributed by atoms with Crippen LogP contribution in [0.1, 0.15) is 29.7 Å². The van der Waals surface area contributed by atoms with E-state index in [2.05, 4.69) is 10.2 Å². The summed E-state index contributed by atoms with van der Waals surface area (Å²) >= 11 is 0. The Morgan fingerprint density at radius 3 is 2.80 bits per heavy atom. The van der Waals surface area contributed by atoms with Gasteiger partial charge in [-0.05, 0) is 12.5 Å². The molecule has 0 aliphatic heterocycles. The van der Waals surface area contributed by atoms with Gasteiger partial charge in [0, 0.05) is 35.7 Å². The molecule has 132 valence electrons. The van der Waals surface area contributed by atoms with Crippen LogP contribution in [-0.2, 0) is 16.0 Å². The van der Waals surface area contributed by atoms with E-state index in [9.17, 15) is 24.8 Å². The summed E-state index contributed by atoms with van der Waals surface area (Å²) in [5.74, 6) is -2.64. The van der Waals surface area contributed by atoms with E-state index in [1.54, 1.807) is 6.07 Å². The number of esters is 1. The topological polar surface area (TPSA) is 138 Å². The first-order chi connectivity index (χ1) is 11.8. The number of aromatic nitrogens is 2. The van der Waals surface area contributed by atoms with Crippen LogP contribution < -0.4 is 5.56 Å². The number of carbonyl (C=O) groups excluding carboxylic acids is 1. The molecule has 0 spiro atoms. The molecule has 1 aliphatic rings. The molecule has 0 fully saturated rings. The number of rotatable bonds is 3. The van der Waals surface area contributed by atoms with Crippen LogP contribution in [0, 0.1) is 16.0 Å². The molecule has 0 saturated heterocycles. The van der Waals surface area contributed by atoms with E-state index in [0.29, 0.717) is 11.3 Å². The molecular weight excluding hydrogens is 330 g/mol. The Bertz CT molecular complexity index is 897. The second-order valence-corrected chi connectivity index (χ2v) is 6.34. The van der Waals surface area contributed by atoms with Gasteiger partial charge in [0.05, 0.1) is 23.6 Å². The number of non-ortho nitro benzene ring substituents is 1. The minimum atomic E-state index is -1.50. The number of H-pyrrole nitrogens is 2. The normalized spacial score (nSPS) is 25.2. The summed E-state index contributed by atoms with van der Waals surface area (Å²) in [7, 11) is 1.19. The van der Waals surface area contributed by atoms with Crippen LogP contribution in [-0.4, -0.2) is 38.9 Å². The highest BCUT2D eigenvalue weighted by Gasteiger charge is 2.51. The summed E-state index contributed by atoms with van der Waals surface area (Å²) in [4.78, 5) is 35.2. The van der Waals surface area contributed by atoms with Gasteiger partial charge in [-0.1, -0.05) is 12.1 Å². The summed E-state index contributed by atoms with van der Waals surface area (Å²) in [5.41, 5.74) is -0.971. The maximum Gasteiger partial charge on any atom is 0.312 e. The Hall–Kier alpha value is -2.94. The van der Waals surface area contributed by atoms with Crippen LogP contribution in [0.3, 0.4) is 0 Å². The molecule has 3 atom stereocenters. The number of benzene rings is 1. The highest BCUT2D eigenvalue weighted by molar-refractivity contribution is 5.77. The molecule has 9 heteroatoms. The summed E-state index contributed by atoms with van der Waals surface area (Å²) in [5, 5.41) is 27.1. The summed E-state index contributed by atoms with van der Waals surface area (Å²) in [6.45, 7) is 1.48. The van der Waals surface area contributed by atoms with Crippen molar-refractivity contribution < 1.29 is 19.6 Å². The lowest BCUT2D eigenvalue weighted by Crippen LogP contribution is -2.49. The Morgan fingerprint density at radius 2 is 2.16 bits per heavy atom. The van der Waals surface area contributed by atoms with Gasteiger partial charge in [-0.25, -0.2) is 0 Å². The largest absolute Gasteiger partial charge is 0.469 e. The number of nitrogens with zero attached hydrogens (tertiary/aromatic N) is 1. The van der Waals surface area contributed by atoms with Crippen LogP contribution >= 0.6 is 0 Å². The minimum absolute atomic E-state index is 0.0479. The number of nitro benzene ring substituents is 1. The van der Waals surface area contributed by atoms with Crippen molar-refractivity contribution in [1.29, 1.82) is 0 Å². The van der Waals surface area contributed by atoms with Gasteiger partial charge in [-0.15, -0.1) is 0 Å². The van der Waals surface area contributed by atoms with E-state index in [1.165, 1.54) is 32.2 Å². The van der Waals surface area contributed by atoms with Crippen molar-refractivity contribution in [3.05, 3.63) is 61.6 Å². The van der Waals surface area contributed by atoms with Gasteiger partial charge in [0.25, 0.3) is 11.2 Å². The van der Waals surface area contributed by atoms with Crippen molar-refractivity contribution >= 4 is 11.7 Å². The zero-order chi connectivity index (χ0) is 18.4. The molecule has 0 bridgehead atoms. The first-order valence-corrected chi connectivity index (χ1v) is 7.60. The molecule has 1 aromatic carbocycles. The number of fused-ring (bicyclic) bond motifs is 1.